The quantitative estimate of drug-likeness (QED) is 0.611. The molecule has 0 saturated carbocycles. The van der Waals surface area contributed by atoms with E-state index in [2.05, 4.69) is 31.7 Å². The average Bonchev–Trinajstić information content (AvgIpc) is 2.06. The van der Waals surface area contributed by atoms with Gasteiger partial charge in [0.2, 0.25) is 0 Å². The lowest BCUT2D eigenvalue weighted by atomic mass is 9.99. The van der Waals surface area contributed by atoms with Crippen molar-refractivity contribution < 1.29 is 0 Å². The zero-order valence-electron chi connectivity index (χ0n) is 8.64. The van der Waals surface area contributed by atoms with E-state index in [1.807, 2.05) is 0 Å². The van der Waals surface area contributed by atoms with E-state index >= 15 is 0 Å². The van der Waals surface area contributed by atoms with Crippen LogP contribution < -0.4 is 0 Å². The van der Waals surface area contributed by atoms with Crippen molar-refractivity contribution >= 4 is 0 Å². The maximum absolute atomic E-state index is 2.52. The summed E-state index contributed by atoms with van der Waals surface area (Å²) in [6, 6.07) is 0. The van der Waals surface area contributed by atoms with E-state index in [0.717, 1.165) is 12.3 Å². The minimum Gasteiger partial charge on any atom is -0.375 e. The fraction of sp³-hybridized carbons (Fsp3) is 0.818. The third-order valence-corrected chi connectivity index (χ3v) is 2.78. The first-order chi connectivity index (χ1) is 5.74. The van der Waals surface area contributed by atoms with Gasteiger partial charge in [0.1, 0.15) is 0 Å². The molecule has 0 atom stereocenters. The van der Waals surface area contributed by atoms with Crippen LogP contribution in [-0.4, -0.2) is 18.0 Å². The molecule has 0 bridgehead atoms. The molecule has 0 radical (unpaired) electrons. The molecule has 0 aromatic carbocycles. The maximum atomic E-state index is 2.52. The molecule has 1 saturated heterocycles. The molecule has 0 aromatic rings. The summed E-state index contributed by atoms with van der Waals surface area (Å²) < 4.78 is 0. The summed E-state index contributed by atoms with van der Waals surface area (Å²) in [4.78, 5) is 2.52. The Kier molecular flexibility index (Phi) is 3.64. The molecule has 1 fully saturated rings. The highest BCUT2D eigenvalue weighted by Crippen LogP contribution is 2.19. The van der Waals surface area contributed by atoms with E-state index in [1.54, 1.807) is 0 Å². The highest BCUT2D eigenvalue weighted by molar-refractivity contribution is 4.98. The van der Waals surface area contributed by atoms with E-state index in [1.165, 1.54) is 31.6 Å². The summed E-state index contributed by atoms with van der Waals surface area (Å²) in [6.07, 6.45) is 6.23. The molecule has 0 N–H and O–H groups in total. The highest BCUT2D eigenvalue weighted by atomic mass is 15.1. The summed E-state index contributed by atoms with van der Waals surface area (Å²) in [5, 5.41) is 0. The Hall–Kier alpha value is -0.460. The SMILES string of the molecule is CC/C=C(\C)N1CCC(C)CC1. The summed E-state index contributed by atoms with van der Waals surface area (Å²) in [7, 11) is 0. The number of rotatable bonds is 2. The van der Waals surface area contributed by atoms with E-state index in [9.17, 15) is 0 Å². The number of nitrogens with zero attached hydrogens (tertiary/aromatic N) is 1. The van der Waals surface area contributed by atoms with E-state index in [4.69, 9.17) is 0 Å². The lowest BCUT2D eigenvalue weighted by Crippen LogP contribution is -2.31. The van der Waals surface area contributed by atoms with Crippen molar-refractivity contribution in [1.29, 1.82) is 0 Å². The Morgan fingerprint density at radius 3 is 2.50 bits per heavy atom. The van der Waals surface area contributed by atoms with Crippen molar-refractivity contribution in [3.05, 3.63) is 11.8 Å². The van der Waals surface area contributed by atoms with Crippen LogP contribution in [0, 0.1) is 5.92 Å². The van der Waals surface area contributed by atoms with Gasteiger partial charge in [-0.1, -0.05) is 19.9 Å². The molecule has 12 heavy (non-hydrogen) atoms. The Labute approximate surface area is 76.5 Å². The van der Waals surface area contributed by atoms with Gasteiger partial charge >= 0.3 is 0 Å². The third kappa shape index (κ3) is 2.54. The Morgan fingerprint density at radius 1 is 1.42 bits per heavy atom. The fourth-order valence-corrected chi connectivity index (χ4v) is 1.79. The molecular weight excluding hydrogens is 146 g/mol. The Balaban J connectivity index is 2.39. The van der Waals surface area contributed by atoms with Gasteiger partial charge in [-0.05, 0) is 32.1 Å². The smallest absolute Gasteiger partial charge is 0.0177 e. The monoisotopic (exact) mass is 167 g/mol. The second kappa shape index (κ2) is 4.54. The minimum absolute atomic E-state index is 0.940. The van der Waals surface area contributed by atoms with E-state index in [-0.39, 0.29) is 0 Å². The van der Waals surface area contributed by atoms with Crippen LogP contribution in [0.3, 0.4) is 0 Å². The standard InChI is InChI=1S/C11H21N/c1-4-5-11(3)12-8-6-10(2)7-9-12/h5,10H,4,6-9H2,1-3H3/b11-5+. The molecule has 0 spiro atoms. The van der Waals surface area contributed by atoms with Crippen LogP contribution in [0.25, 0.3) is 0 Å². The molecule has 1 heterocycles. The van der Waals surface area contributed by atoms with Gasteiger partial charge in [0.15, 0.2) is 0 Å². The van der Waals surface area contributed by atoms with Gasteiger partial charge < -0.3 is 4.90 Å². The molecule has 0 aliphatic carbocycles. The number of hydrogen-bond acceptors (Lipinski definition) is 1. The summed E-state index contributed by atoms with van der Waals surface area (Å²) in [6.45, 7) is 9.33. The van der Waals surface area contributed by atoms with Crippen LogP contribution >= 0.6 is 0 Å². The molecule has 1 heteroatoms. The van der Waals surface area contributed by atoms with Gasteiger partial charge in [-0.2, -0.15) is 0 Å². The molecule has 1 aliphatic rings. The first-order valence-corrected chi connectivity index (χ1v) is 5.15. The molecule has 0 amide bonds. The Bertz CT molecular complexity index is 152. The van der Waals surface area contributed by atoms with Crippen molar-refractivity contribution in [2.45, 2.75) is 40.0 Å². The van der Waals surface area contributed by atoms with Crippen LogP contribution in [0.4, 0.5) is 0 Å². The first-order valence-electron chi connectivity index (χ1n) is 5.15. The lowest BCUT2D eigenvalue weighted by Gasteiger charge is -2.32. The van der Waals surface area contributed by atoms with Crippen LogP contribution in [0.15, 0.2) is 11.8 Å². The van der Waals surface area contributed by atoms with Crippen molar-refractivity contribution in [2.24, 2.45) is 5.92 Å². The van der Waals surface area contributed by atoms with E-state index < -0.39 is 0 Å². The number of hydrogen-bond donors (Lipinski definition) is 0. The molecule has 0 aromatic heterocycles. The van der Waals surface area contributed by atoms with Crippen molar-refractivity contribution in [3.8, 4) is 0 Å². The maximum Gasteiger partial charge on any atom is 0.0177 e. The summed E-state index contributed by atoms with van der Waals surface area (Å²) in [5.74, 6) is 0.940. The van der Waals surface area contributed by atoms with Gasteiger partial charge in [-0.15, -0.1) is 0 Å². The topological polar surface area (TPSA) is 3.24 Å². The van der Waals surface area contributed by atoms with Crippen molar-refractivity contribution in [1.82, 2.24) is 4.90 Å². The van der Waals surface area contributed by atoms with Gasteiger partial charge in [0, 0.05) is 18.8 Å². The van der Waals surface area contributed by atoms with Gasteiger partial charge in [0.05, 0.1) is 0 Å². The molecule has 1 nitrogen and oxygen atoms in total. The molecule has 0 unspecified atom stereocenters. The van der Waals surface area contributed by atoms with Gasteiger partial charge in [-0.3, -0.25) is 0 Å². The fourth-order valence-electron chi connectivity index (χ4n) is 1.79. The predicted molar refractivity (Wildman–Crippen MR) is 54.0 cm³/mol. The number of allylic oxidation sites excluding steroid dienone is 2. The molecular formula is C11H21N. The zero-order valence-corrected chi connectivity index (χ0v) is 8.64. The lowest BCUT2D eigenvalue weighted by molar-refractivity contribution is 0.237. The van der Waals surface area contributed by atoms with Crippen LogP contribution in [0.5, 0.6) is 0 Å². The van der Waals surface area contributed by atoms with Gasteiger partial charge in [-0.25, -0.2) is 0 Å². The highest BCUT2D eigenvalue weighted by Gasteiger charge is 2.14. The number of piperidine rings is 1. The van der Waals surface area contributed by atoms with Crippen molar-refractivity contribution in [2.75, 3.05) is 13.1 Å². The Morgan fingerprint density at radius 2 is 2.00 bits per heavy atom. The second-order valence-electron chi connectivity index (χ2n) is 3.92. The first kappa shape index (κ1) is 9.63. The zero-order chi connectivity index (χ0) is 8.97. The largest absolute Gasteiger partial charge is 0.375 e. The molecule has 1 rings (SSSR count). The van der Waals surface area contributed by atoms with Crippen LogP contribution in [0.1, 0.15) is 40.0 Å². The summed E-state index contributed by atoms with van der Waals surface area (Å²) >= 11 is 0. The van der Waals surface area contributed by atoms with E-state index in [0.29, 0.717) is 0 Å². The normalized spacial score (nSPS) is 21.6. The summed E-state index contributed by atoms with van der Waals surface area (Å²) in [5.41, 5.74) is 1.48. The minimum atomic E-state index is 0.940. The third-order valence-electron chi connectivity index (χ3n) is 2.78. The van der Waals surface area contributed by atoms with Crippen molar-refractivity contribution in [3.63, 3.8) is 0 Å². The molecule has 1 aliphatic heterocycles. The predicted octanol–water partition coefficient (Wildman–Crippen LogP) is 3.03. The van der Waals surface area contributed by atoms with Gasteiger partial charge in [0.25, 0.3) is 0 Å². The van der Waals surface area contributed by atoms with Crippen LogP contribution in [0.2, 0.25) is 0 Å². The van der Waals surface area contributed by atoms with Crippen LogP contribution in [-0.2, 0) is 0 Å². The average molecular weight is 167 g/mol. The molecule has 70 valence electrons. The number of likely N-dealkylation sites (tertiary alicyclic amines) is 1. The second-order valence-corrected chi connectivity index (χ2v) is 3.92.